The Kier molecular flexibility index (Phi) is 3.72. The Hall–Kier alpha value is -1.81. The lowest BCUT2D eigenvalue weighted by Crippen LogP contribution is -2.32. The highest BCUT2D eigenvalue weighted by Crippen LogP contribution is 2.46. The van der Waals surface area contributed by atoms with Gasteiger partial charge in [0.1, 0.15) is 24.1 Å². The number of carbonyl (C=O) groups excluding carboxylic acids is 1. The summed E-state index contributed by atoms with van der Waals surface area (Å²) in [5.41, 5.74) is 0.851. The van der Waals surface area contributed by atoms with E-state index in [9.17, 15) is 4.79 Å². The van der Waals surface area contributed by atoms with E-state index in [0.717, 1.165) is 37.1 Å². The van der Waals surface area contributed by atoms with Gasteiger partial charge in [-0.05, 0) is 37.0 Å². The van der Waals surface area contributed by atoms with Crippen LogP contribution >= 0.6 is 0 Å². The van der Waals surface area contributed by atoms with Gasteiger partial charge < -0.3 is 9.64 Å². The second-order valence-corrected chi connectivity index (χ2v) is 5.80. The molecule has 1 atom stereocenters. The molecule has 21 heavy (non-hydrogen) atoms. The van der Waals surface area contributed by atoms with Gasteiger partial charge >= 0.3 is 0 Å². The first-order valence-corrected chi connectivity index (χ1v) is 7.62. The highest BCUT2D eigenvalue weighted by Gasteiger charge is 2.59. The number of carbonyl (C=O) groups is 1. The maximum absolute atomic E-state index is 12.5. The SMILES string of the molecule is C=CCOc1ccc(C2NC3(CC3)C(=O)N2CCC)cc1. The van der Waals surface area contributed by atoms with E-state index < -0.39 is 0 Å². The van der Waals surface area contributed by atoms with Gasteiger partial charge in [-0.25, -0.2) is 0 Å². The second-order valence-electron chi connectivity index (χ2n) is 5.80. The summed E-state index contributed by atoms with van der Waals surface area (Å²) in [5, 5.41) is 3.52. The molecular weight excluding hydrogens is 264 g/mol. The van der Waals surface area contributed by atoms with Gasteiger partial charge in [-0.1, -0.05) is 31.7 Å². The van der Waals surface area contributed by atoms with Gasteiger partial charge in [0.25, 0.3) is 0 Å². The predicted molar refractivity (Wildman–Crippen MR) is 82.0 cm³/mol. The molecule has 4 heteroatoms. The van der Waals surface area contributed by atoms with Crippen molar-refractivity contribution < 1.29 is 9.53 Å². The third kappa shape index (κ3) is 2.56. The molecule has 1 amide bonds. The van der Waals surface area contributed by atoms with E-state index in [1.165, 1.54) is 0 Å². The Morgan fingerprint density at radius 3 is 2.71 bits per heavy atom. The monoisotopic (exact) mass is 286 g/mol. The van der Waals surface area contributed by atoms with E-state index in [4.69, 9.17) is 4.74 Å². The zero-order chi connectivity index (χ0) is 14.9. The average Bonchev–Trinajstić information content (AvgIpc) is 3.24. The molecule has 0 bridgehead atoms. The van der Waals surface area contributed by atoms with Gasteiger partial charge in [0.15, 0.2) is 0 Å². The van der Waals surface area contributed by atoms with Crippen LogP contribution in [0.3, 0.4) is 0 Å². The molecule has 1 aliphatic carbocycles. The number of benzene rings is 1. The maximum atomic E-state index is 12.5. The number of nitrogens with one attached hydrogen (secondary N) is 1. The Balaban J connectivity index is 1.78. The lowest BCUT2D eigenvalue weighted by Gasteiger charge is -2.24. The number of rotatable bonds is 6. The van der Waals surface area contributed by atoms with E-state index in [1.807, 2.05) is 29.2 Å². The topological polar surface area (TPSA) is 41.6 Å². The van der Waals surface area contributed by atoms with Crippen molar-refractivity contribution in [2.24, 2.45) is 0 Å². The van der Waals surface area contributed by atoms with Crippen LogP contribution in [0.15, 0.2) is 36.9 Å². The van der Waals surface area contributed by atoms with Gasteiger partial charge in [-0.3, -0.25) is 10.1 Å². The molecule has 2 aliphatic rings. The standard InChI is InChI=1S/C17H22N2O2/c1-3-11-19-15(18-17(9-10-17)16(19)20)13-5-7-14(8-6-13)21-12-4-2/h4-8,15,18H,2-3,9-12H2,1H3. The van der Waals surface area contributed by atoms with Gasteiger partial charge in [0.05, 0.1) is 0 Å². The minimum atomic E-state index is -0.266. The molecule has 1 aromatic rings. The highest BCUT2D eigenvalue weighted by atomic mass is 16.5. The fraction of sp³-hybridized carbons (Fsp3) is 0.471. The summed E-state index contributed by atoms with van der Waals surface area (Å²) in [6, 6.07) is 7.97. The quantitative estimate of drug-likeness (QED) is 0.817. The first-order chi connectivity index (χ1) is 10.2. The van der Waals surface area contributed by atoms with Crippen molar-refractivity contribution in [1.29, 1.82) is 0 Å². The average molecular weight is 286 g/mol. The van der Waals surface area contributed by atoms with Crippen molar-refractivity contribution in [2.45, 2.75) is 37.9 Å². The molecule has 1 heterocycles. The van der Waals surface area contributed by atoms with E-state index in [-0.39, 0.29) is 17.6 Å². The minimum absolute atomic E-state index is 0.00611. The van der Waals surface area contributed by atoms with Crippen molar-refractivity contribution in [2.75, 3.05) is 13.2 Å². The Labute approximate surface area is 125 Å². The van der Waals surface area contributed by atoms with Crippen molar-refractivity contribution in [1.82, 2.24) is 10.2 Å². The van der Waals surface area contributed by atoms with Crippen LogP contribution in [-0.4, -0.2) is 29.5 Å². The molecular formula is C17H22N2O2. The first-order valence-electron chi connectivity index (χ1n) is 7.62. The fourth-order valence-electron chi connectivity index (χ4n) is 2.91. The van der Waals surface area contributed by atoms with E-state index in [2.05, 4.69) is 18.8 Å². The summed E-state index contributed by atoms with van der Waals surface area (Å²) in [7, 11) is 0. The molecule has 3 rings (SSSR count). The zero-order valence-corrected chi connectivity index (χ0v) is 12.5. The molecule has 1 unspecified atom stereocenters. The van der Waals surface area contributed by atoms with Crippen molar-refractivity contribution >= 4 is 5.91 Å². The molecule has 0 aromatic heterocycles. The van der Waals surface area contributed by atoms with Crippen LogP contribution in [0.4, 0.5) is 0 Å². The third-order valence-corrected chi connectivity index (χ3v) is 4.17. The molecule has 1 aliphatic heterocycles. The Morgan fingerprint density at radius 2 is 2.14 bits per heavy atom. The Morgan fingerprint density at radius 1 is 1.43 bits per heavy atom. The van der Waals surface area contributed by atoms with Crippen LogP contribution in [0, 0.1) is 0 Å². The van der Waals surface area contributed by atoms with Crippen LogP contribution in [0.2, 0.25) is 0 Å². The van der Waals surface area contributed by atoms with Gasteiger partial charge in [0, 0.05) is 6.54 Å². The number of nitrogens with zero attached hydrogens (tertiary/aromatic N) is 1. The molecule has 1 saturated heterocycles. The highest BCUT2D eigenvalue weighted by molar-refractivity contribution is 5.92. The largest absolute Gasteiger partial charge is 0.490 e. The summed E-state index contributed by atoms with van der Waals surface area (Å²) in [6.07, 6.45) is 4.62. The van der Waals surface area contributed by atoms with E-state index in [1.54, 1.807) is 6.08 Å². The predicted octanol–water partition coefficient (Wildman–Crippen LogP) is 2.62. The maximum Gasteiger partial charge on any atom is 0.244 e. The number of hydrogen-bond acceptors (Lipinski definition) is 3. The van der Waals surface area contributed by atoms with Crippen molar-refractivity contribution in [3.8, 4) is 5.75 Å². The van der Waals surface area contributed by atoms with Crippen molar-refractivity contribution in [3.05, 3.63) is 42.5 Å². The first kappa shape index (κ1) is 14.1. The second kappa shape index (κ2) is 5.53. The Bertz CT molecular complexity index is 534. The van der Waals surface area contributed by atoms with Crippen LogP contribution in [0.1, 0.15) is 37.9 Å². The van der Waals surface area contributed by atoms with Gasteiger partial charge in [0.2, 0.25) is 5.91 Å². The third-order valence-electron chi connectivity index (χ3n) is 4.17. The summed E-state index contributed by atoms with van der Waals surface area (Å²) in [4.78, 5) is 14.5. The molecule has 4 nitrogen and oxygen atoms in total. The van der Waals surface area contributed by atoms with Crippen LogP contribution in [0.25, 0.3) is 0 Å². The normalized spacial score (nSPS) is 22.6. The smallest absolute Gasteiger partial charge is 0.244 e. The molecule has 1 saturated carbocycles. The summed E-state index contributed by atoms with van der Waals surface area (Å²) in [6.45, 7) is 7.05. The van der Waals surface area contributed by atoms with E-state index in [0.29, 0.717) is 6.61 Å². The van der Waals surface area contributed by atoms with Crippen LogP contribution in [-0.2, 0) is 4.79 Å². The molecule has 0 radical (unpaired) electrons. The van der Waals surface area contributed by atoms with Crippen molar-refractivity contribution in [3.63, 3.8) is 0 Å². The lowest BCUT2D eigenvalue weighted by molar-refractivity contribution is -0.130. The minimum Gasteiger partial charge on any atom is -0.490 e. The fourth-order valence-corrected chi connectivity index (χ4v) is 2.91. The zero-order valence-electron chi connectivity index (χ0n) is 12.5. The van der Waals surface area contributed by atoms with Crippen LogP contribution in [0.5, 0.6) is 5.75 Å². The number of hydrogen-bond donors (Lipinski definition) is 1. The molecule has 1 N–H and O–H groups in total. The number of ether oxygens (including phenoxy) is 1. The molecule has 2 fully saturated rings. The summed E-state index contributed by atoms with van der Waals surface area (Å²) >= 11 is 0. The lowest BCUT2D eigenvalue weighted by atomic mass is 10.1. The molecule has 112 valence electrons. The number of amides is 1. The molecule has 1 spiro atoms. The van der Waals surface area contributed by atoms with Gasteiger partial charge in [-0.15, -0.1) is 0 Å². The summed E-state index contributed by atoms with van der Waals surface area (Å²) in [5.74, 6) is 1.09. The summed E-state index contributed by atoms with van der Waals surface area (Å²) < 4.78 is 5.50. The molecule has 1 aromatic carbocycles. The van der Waals surface area contributed by atoms with Crippen LogP contribution < -0.4 is 10.1 Å². The van der Waals surface area contributed by atoms with E-state index >= 15 is 0 Å². The van der Waals surface area contributed by atoms with Gasteiger partial charge in [-0.2, -0.15) is 0 Å².